The predicted molar refractivity (Wildman–Crippen MR) is 49.9 cm³/mol. The molecule has 78 valence electrons. The first kappa shape index (κ1) is 17.2. The summed E-state index contributed by atoms with van der Waals surface area (Å²) in [4.78, 5) is 10.7. The second kappa shape index (κ2) is 7.10. The zero-order valence-electron chi connectivity index (χ0n) is 9.52. The number of nitrogens with one attached hydrogen (secondary N) is 1. The van der Waals surface area contributed by atoms with Gasteiger partial charge in [0.15, 0.2) is 0 Å². The minimum atomic E-state index is -4.10. The van der Waals surface area contributed by atoms with Crippen LogP contribution in [0.3, 0.4) is 0 Å². The van der Waals surface area contributed by atoms with Crippen molar-refractivity contribution >= 4 is 16.0 Å². The van der Waals surface area contributed by atoms with Crippen LogP contribution in [0.1, 0.15) is 15.3 Å². The Hall–Kier alpha value is 0.756. The van der Waals surface area contributed by atoms with E-state index in [0.717, 1.165) is 6.08 Å². The van der Waals surface area contributed by atoms with Crippen molar-refractivity contribution in [1.29, 1.82) is 0 Å². The van der Waals surface area contributed by atoms with Gasteiger partial charge in [0.25, 0.3) is 10.1 Å². The minimum Gasteiger partial charge on any atom is -1.00 e. The summed E-state index contributed by atoms with van der Waals surface area (Å²) in [7, 11) is -4.10. The standard InChI is InChI=1S/C7H13NO4S.K.H/c1-4-7(9)8-5(2)6(3)13(10,11)12;;/h4-6H,1H2,2-3H3,(H,8,9)(H,10,11,12);;/q;+1;-1. The normalized spacial score (nSPS) is 14.8. The maximum Gasteiger partial charge on any atom is 1.00 e. The first-order valence-electron chi connectivity index (χ1n) is 3.68. The average Bonchev–Trinajstić information content (AvgIpc) is 2.01. The van der Waals surface area contributed by atoms with Crippen LogP contribution in [-0.2, 0) is 14.9 Å². The van der Waals surface area contributed by atoms with E-state index in [1.165, 1.54) is 13.8 Å². The third-order valence-electron chi connectivity index (χ3n) is 1.73. The molecule has 7 heteroatoms. The molecule has 0 bridgehead atoms. The van der Waals surface area contributed by atoms with Crippen LogP contribution in [0.25, 0.3) is 0 Å². The van der Waals surface area contributed by atoms with Crippen LogP contribution in [0.2, 0.25) is 0 Å². The summed E-state index contributed by atoms with van der Waals surface area (Å²) in [5, 5.41) is 1.31. The molecule has 0 rings (SSSR count). The van der Waals surface area contributed by atoms with Gasteiger partial charge in [-0.05, 0) is 19.9 Å². The Bertz CT molecular complexity index is 306. The van der Waals surface area contributed by atoms with Gasteiger partial charge in [-0.1, -0.05) is 6.58 Å². The van der Waals surface area contributed by atoms with E-state index in [1.54, 1.807) is 0 Å². The minimum absolute atomic E-state index is 0. The van der Waals surface area contributed by atoms with E-state index in [0.29, 0.717) is 0 Å². The van der Waals surface area contributed by atoms with E-state index in [2.05, 4.69) is 11.9 Å². The Balaban J connectivity index is -0.000000720. The third kappa shape index (κ3) is 6.28. The van der Waals surface area contributed by atoms with E-state index < -0.39 is 27.3 Å². The molecule has 14 heavy (non-hydrogen) atoms. The molecule has 0 radical (unpaired) electrons. The van der Waals surface area contributed by atoms with Crippen LogP contribution >= 0.6 is 0 Å². The van der Waals surface area contributed by atoms with Crippen LogP contribution in [-0.4, -0.2) is 30.2 Å². The monoisotopic (exact) mass is 247 g/mol. The summed E-state index contributed by atoms with van der Waals surface area (Å²) in [5.74, 6) is -0.469. The van der Waals surface area contributed by atoms with Gasteiger partial charge < -0.3 is 6.74 Å². The molecule has 0 fully saturated rings. The van der Waals surface area contributed by atoms with Gasteiger partial charge in [0.2, 0.25) is 5.91 Å². The molecule has 0 saturated heterocycles. The Kier molecular flexibility index (Phi) is 8.70. The van der Waals surface area contributed by atoms with Crippen molar-refractivity contribution in [2.24, 2.45) is 0 Å². The summed E-state index contributed by atoms with van der Waals surface area (Å²) in [6.07, 6.45) is 1.03. The van der Waals surface area contributed by atoms with Crippen molar-refractivity contribution in [2.45, 2.75) is 25.1 Å². The second-order valence-electron chi connectivity index (χ2n) is 2.72. The first-order valence-corrected chi connectivity index (χ1v) is 5.18. The number of carbonyl (C=O) groups excluding carboxylic acids is 1. The van der Waals surface area contributed by atoms with E-state index in [9.17, 15) is 13.2 Å². The topological polar surface area (TPSA) is 83.5 Å². The molecule has 1 amide bonds. The van der Waals surface area contributed by atoms with Gasteiger partial charge in [-0.2, -0.15) is 8.42 Å². The SMILES string of the molecule is C=CC(=O)NC(C)C(C)S(=O)(=O)O.[H-].[K+]. The van der Waals surface area contributed by atoms with Crippen LogP contribution in [0.5, 0.6) is 0 Å². The van der Waals surface area contributed by atoms with E-state index in [1.807, 2.05) is 0 Å². The molecule has 5 nitrogen and oxygen atoms in total. The van der Waals surface area contributed by atoms with E-state index >= 15 is 0 Å². The molecule has 0 aliphatic rings. The fraction of sp³-hybridized carbons (Fsp3) is 0.571. The van der Waals surface area contributed by atoms with Gasteiger partial charge in [-0.25, -0.2) is 0 Å². The Morgan fingerprint density at radius 3 is 2.29 bits per heavy atom. The van der Waals surface area contributed by atoms with Crippen LogP contribution in [0.4, 0.5) is 0 Å². The molecule has 2 atom stereocenters. The van der Waals surface area contributed by atoms with Gasteiger partial charge >= 0.3 is 51.4 Å². The fourth-order valence-electron chi connectivity index (χ4n) is 0.659. The van der Waals surface area contributed by atoms with Gasteiger partial charge in [0, 0.05) is 6.04 Å². The van der Waals surface area contributed by atoms with E-state index in [-0.39, 0.29) is 52.8 Å². The Labute approximate surface area is 128 Å². The zero-order valence-corrected chi connectivity index (χ0v) is 12.5. The molecular weight excluding hydrogens is 233 g/mol. The van der Waals surface area contributed by atoms with Crippen molar-refractivity contribution in [1.82, 2.24) is 5.32 Å². The molecule has 0 heterocycles. The molecule has 0 aliphatic heterocycles. The average molecular weight is 247 g/mol. The quantitative estimate of drug-likeness (QED) is 0.316. The molecule has 2 N–H and O–H groups in total. The van der Waals surface area contributed by atoms with Crippen LogP contribution < -0.4 is 56.7 Å². The molecule has 0 aromatic heterocycles. The van der Waals surface area contributed by atoms with Gasteiger partial charge in [-0.15, -0.1) is 0 Å². The van der Waals surface area contributed by atoms with E-state index in [4.69, 9.17) is 4.55 Å². The largest absolute Gasteiger partial charge is 1.00 e. The van der Waals surface area contributed by atoms with Crippen LogP contribution in [0.15, 0.2) is 12.7 Å². The van der Waals surface area contributed by atoms with Crippen molar-refractivity contribution in [2.75, 3.05) is 0 Å². The maximum absolute atomic E-state index is 10.7. The molecule has 2 unspecified atom stereocenters. The molecule has 0 saturated carbocycles. The summed E-state index contributed by atoms with van der Waals surface area (Å²) < 4.78 is 29.9. The van der Waals surface area contributed by atoms with Crippen molar-refractivity contribution < 1.29 is 70.6 Å². The van der Waals surface area contributed by atoms with Crippen molar-refractivity contribution in [3.63, 3.8) is 0 Å². The van der Waals surface area contributed by atoms with Gasteiger partial charge in [0.1, 0.15) is 5.25 Å². The molecular formula is C7H14KNO4S. The molecule has 0 aromatic rings. The summed E-state index contributed by atoms with van der Waals surface area (Å²) in [5.41, 5.74) is 0. The summed E-state index contributed by atoms with van der Waals surface area (Å²) in [6, 6.07) is -0.652. The van der Waals surface area contributed by atoms with Gasteiger partial charge in [0.05, 0.1) is 0 Å². The molecule has 0 aromatic carbocycles. The van der Waals surface area contributed by atoms with Crippen molar-refractivity contribution in [3.8, 4) is 0 Å². The molecule has 0 aliphatic carbocycles. The predicted octanol–water partition coefficient (Wildman–Crippen LogP) is -2.93. The Morgan fingerprint density at radius 2 is 2.00 bits per heavy atom. The number of rotatable bonds is 4. The number of hydrogen-bond acceptors (Lipinski definition) is 3. The zero-order chi connectivity index (χ0) is 10.6. The number of carbonyl (C=O) groups is 1. The first-order chi connectivity index (χ1) is 5.79. The van der Waals surface area contributed by atoms with Crippen molar-refractivity contribution in [3.05, 3.63) is 12.7 Å². The number of amides is 1. The van der Waals surface area contributed by atoms with Gasteiger partial charge in [-0.3, -0.25) is 9.35 Å². The smallest absolute Gasteiger partial charge is 1.00 e. The maximum atomic E-state index is 10.7. The third-order valence-corrected chi connectivity index (χ3v) is 3.08. The molecule has 0 spiro atoms. The van der Waals surface area contributed by atoms with Crippen LogP contribution in [0, 0.1) is 0 Å². The number of hydrogen-bond donors (Lipinski definition) is 2. The summed E-state index contributed by atoms with van der Waals surface area (Å²) >= 11 is 0. The fourth-order valence-corrected chi connectivity index (χ4v) is 1.24. The second-order valence-corrected chi connectivity index (χ2v) is 4.49. The summed E-state index contributed by atoms with van der Waals surface area (Å²) in [6.45, 7) is 6.01. The Morgan fingerprint density at radius 1 is 1.57 bits per heavy atom.